The molecule has 0 saturated heterocycles. The number of benzene rings is 1. The summed E-state index contributed by atoms with van der Waals surface area (Å²) in [6.07, 6.45) is -0.127. The highest BCUT2D eigenvalue weighted by atomic mass is 32.2. The maximum atomic E-state index is 12.6. The van der Waals surface area contributed by atoms with Crippen LogP contribution in [0.2, 0.25) is 0 Å². The second-order valence-electron chi connectivity index (χ2n) is 4.92. The summed E-state index contributed by atoms with van der Waals surface area (Å²) >= 11 is 0. The molecule has 1 N–H and O–H groups in total. The van der Waals surface area contributed by atoms with Crippen LogP contribution < -0.4 is 0 Å². The number of sulfonamides is 1. The van der Waals surface area contributed by atoms with Gasteiger partial charge in [0.05, 0.1) is 17.9 Å². The molecule has 0 amide bonds. The summed E-state index contributed by atoms with van der Waals surface area (Å²) in [5.74, 6) is -0.950. The van der Waals surface area contributed by atoms with Crippen molar-refractivity contribution in [3.05, 3.63) is 29.8 Å². The van der Waals surface area contributed by atoms with E-state index in [1.807, 2.05) is 0 Å². The first-order valence-corrected chi connectivity index (χ1v) is 8.04. The van der Waals surface area contributed by atoms with Gasteiger partial charge in [0.1, 0.15) is 0 Å². The number of hydrogen-bond donors (Lipinski definition) is 1. The quantitative estimate of drug-likeness (QED) is 0.783. The van der Waals surface area contributed by atoms with E-state index in [4.69, 9.17) is 9.84 Å². The maximum absolute atomic E-state index is 12.6. The molecule has 0 heterocycles. The molecule has 0 aliphatic carbocycles. The Hall–Kier alpha value is -1.44. The van der Waals surface area contributed by atoms with Gasteiger partial charge >= 0.3 is 5.97 Å². The van der Waals surface area contributed by atoms with Crippen molar-refractivity contribution in [2.24, 2.45) is 0 Å². The van der Waals surface area contributed by atoms with Crippen LogP contribution >= 0.6 is 0 Å². The van der Waals surface area contributed by atoms with E-state index in [9.17, 15) is 13.2 Å². The van der Waals surface area contributed by atoms with Crippen LogP contribution in [0.3, 0.4) is 0 Å². The van der Waals surface area contributed by atoms with Gasteiger partial charge in [0.2, 0.25) is 10.0 Å². The molecular weight excluding hydrogens is 294 g/mol. The zero-order valence-electron chi connectivity index (χ0n) is 12.4. The van der Waals surface area contributed by atoms with Crippen molar-refractivity contribution in [3.63, 3.8) is 0 Å². The number of methoxy groups -OCH3 is 1. The van der Waals surface area contributed by atoms with Crippen molar-refractivity contribution in [2.45, 2.75) is 31.2 Å². The highest BCUT2D eigenvalue weighted by Crippen LogP contribution is 2.19. The summed E-state index contributed by atoms with van der Waals surface area (Å²) in [5.41, 5.74) is 0.564. The number of aliphatic carboxylic acids is 1. The lowest BCUT2D eigenvalue weighted by Gasteiger charge is -2.25. The van der Waals surface area contributed by atoms with Gasteiger partial charge in [-0.2, -0.15) is 4.31 Å². The van der Waals surface area contributed by atoms with Crippen LogP contribution in [0, 0.1) is 0 Å². The van der Waals surface area contributed by atoms with Crippen molar-refractivity contribution in [1.29, 1.82) is 0 Å². The van der Waals surface area contributed by atoms with Crippen molar-refractivity contribution in [3.8, 4) is 0 Å². The molecule has 21 heavy (non-hydrogen) atoms. The summed E-state index contributed by atoms with van der Waals surface area (Å²) in [6.45, 7) is 4.18. The molecule has 0 saturated carbocycles. The molecular formula is C14H21NO5S. The Morgan fingerprint density at radius 3 is 2.29 bits per heavy atom. The van der Waals surface area contributed by atoms with Crippen LogP contribution in [0.5, 0.6) is 0 Å². The Bertz CT molecular complexity index is 566. The number of rotatable bonds is 8. The highest BCUT2D eigenvalue weighted by molar-refractivity contribution is 7.89. The highest BCUT2D eigenvalue weighted by Gasteiger charge is 2.26. The van der Waals surface area contributed by atoms with E-state index in [1.165, 1.54) is 35.7 Å². The predicted molar refractivity (Wildman–Crippen MR) is 78.7 cm³/mol. The number of hydrogen-bond acceptors (Lipinski definition) is 4. The van der Waals surface area contributed by atoms with Gasteiger partial charge in [-0.1, -0.05) is 12.1 Å². The number of carboxylic acids is 1. The predicted octanol–water partition coefficient (Wildman–Crippen LogP) is 1.36. The first-order valence-electron chi connectivity index (χ1n) is 6.60. The fourth-order valence-electron chi connectivity index (χ4n) is 1.93. The lowest BCUT2D eigenvalue weighted by atomic mass is 10.2. The monoisotopic (exact) mass is 315 g/mol. The largest absolute Gasteiger partial charge is 0.481 e. The Morgan fingerprint density at radius 1 is 1.29 bits per heavy atom. The molecule has 118 valence electrons. The molecule has 0 radical (unpaired) electrons. The Balaban J connectivity index is 3.02. The molecule has 1 rings (SSSR count). The average molecular weight is 315 g/mol. The van der Waals surface area contributed by atoms with Crippen LogP contribution in [0.1, 0.15) is 19.4 Å². The fraction of sp³-hybridized carbons (Fsp3) is 0.500. The molecule has 0 aromatic heterocycles. The third kappa shape index (κ3) is 4.80. The van der Waals surface area contributed by atoms with E-state index in [-0.39, 0.29) is 23.9 Å². The van der Waals surface area contributed by atoms with Crippen LogP contribution in [0.25, 0.3) is 0 Å². The Labute approximate surface area is 125 Å². The van der Waals surface area contributed by atoms with Gasteiger partial charge in [0.15, 0.2) is 0 Å². The topological polar surface area (TPSA) is 83.9 Å². The molecule has 6 nitrogen and oxygen atoms in total. The lowest BCUT2D eigenvalue weighted by molar-refractivity contribution is -0.136. The fourth-order valence-corrected chi connectivity index (χ4v) is 3.55. The third-order valence-corrected chi connectivity index (χ3v) is 5.07. The lowest BCUT2D eigenvalue weighted by Crippen LogP contribution is -2.39. The zero-order valence-corrected chi connectivity index (χ0v) is 13.3. The smallest absolute Gasteiger partial charge is 0.307 e. The second-order valence-corrected chi connectivity index (χ2v) is 6.81. The normalized spacial score (nSPS) is 12.0. The third-order valence-electron chi connectivity index (χ3n) is 2.98. The average Bonchev–Trinajstić information content (AvgIpc) is 2.38. The Morgan fingerprint density at radius 2 is 1.86 bits per heavy atom. The van der Waals surface area contributed by atoms with Gasteiger partial charge in [0.25, 0.3) is 0 Å². The van der Waals surface area contributed by atoms with E-state index >= 15 is 0 Å². The SMILES string of the molecule is COCCN(C(C)C)S(=O)(=O)c1ccc(CC(=O)O)cc1. The van der Waals surface area contributed by atoms with Crippen LogP contribution in [0.15, 0.2) is 29.2 Å². The summed E-state index contributed by atoms with van der Waals surface area (Å²) in [4.78, 5) is 10.8. The zero-order chi connectivity index (χ0) is 16.0. The molecule has 0 spiro atoms. The number of carboxylic acid groups (broad SMARTS) is 1. The van der Waals surface area contributed by atoms with Gasteiger partial charge in [-0.15, -0.1) is 0 Å². The molecule has 0 bridgehead atoms. The van der Waals surface area contributed by atoms with E-state index in [0.29, 0.717) is 12.2 Å². The minimum atomic E-state index is -3.61. The molecule has 7 heteroatoms. The number of carbonyl (C=O) groups is 1. The van der Waals surface area contributed by atoms with Crippen molar-refractivity contribution in [2.75, 3.05) is 20.3 Å². The molecule has 0 atom stereocenters. The van der Waals surface area contributed by atoms with Crippen LogP contribution in [0.4, 0.5) is 0 Å². The van der Waals surface area contributed by atoms with Crippen molar-refractivity contribution < 1.29 is 23.1 Å². The summed E-state index contributed by atoms with van der Waals surface area (Å²) in [5, 5.41) is 8.71. The molecule has 0 unspecified atom stereocenters. The van der Waals surface area contributed by atoms with E-state index < -0.39 is 16.0 Å². The molecule has 1 aromatic rings. The second kappa shape index (κ2) is 7.53. The number of nitrogens with zero attached hydrogens (tertiary/aromatic N) is 1. The minimum Gasteiger partial charge on any atom is -0.481 e. The maximum Gasteiger partial charge on any atom is 0.307 e. The van der Waals surface area contributed by atoms with Gasteiger partial charge in [0, 0.05) is 19.7 Å². The molecule has 0 aliphatic rings. The van der Waals surface area contributed by atoms with E-state index in [1.54, 1.807) is 13.8 Å². The van der Waals surface area contributed by atoms with Crippen molar-refractivity contribution >= 4 is 16.0 Å². The summed E-state index contributed by atoms with van der Waals surface area (Å²) in [7, 11) is -2.09. The molecule has 0 fully saturated rings. The molecule has 0 aliphatic heterocycles. The first kappa shape index (κ1) is 17.6. The van der Waals surface area contributed by atoms with Gasteiger partial charge in [-0.05, 0) is 31.5 Å². The van der Waals surface area contributed by atoms with E-state index in [0.717, 1.165) is 0 Å². The Kier molecular flexibility index (Phi) is 6.32. The first-order chi connectivity index (χ1) is 9.78. The van der Waals surface area contributed by atoms with Gasteiger partial charge < -0.3 is 9.84 Å². The summed E-state index contributed by atoms with van der Waals surface area (Å²) in [6, 6.07) is 5.74. The summed E-state index contributed by atoms with van der Waals surface area (Å²) < 4.78 is 31.4. The molecule has 1 aromatic carbocycles. The van der Waals surface area contributed by atoms with Crippen LogP contribution in [-0.4, -0.2) is 50.1 Å². The van der Waals surface area contributed by atoms with Gasteiger partial charge in [-0.25, -0.2) is 8.42 Å². The van der Waals surface area contributed by atoms with Crippen LogP contribution in [-0.2, 0) is 26.0 Å². The van der Waals surface area contributed by atoms with Gasteiger partial charge in [-0.3, -0.25) is 4.79 Å². The standard InChI is InChI=1S/C14H21NO5S/c1-11(2)15(8-9-20-3)21(18,19)13-6-4-12(5-7-13)10-14(16)17/h4-7,11H,8-10H2,1-3H3,(H,16,17). The number of ether oxygens (including phenoxy) is 1. The van der Waals surface area contributed by atoms with Crippen molar-refractivity contribution in [1.82, 2.24) is 4.31 Å². The van der Waals surface area contributed by atoms with E-state index in [2.05, 4.69) is 0 Å². The minimum absolute atomic E-state index is 0.127.